The molecule has 18 heavy (non-hydrogen) atoms. The van der Waals surface area contributed by atoms with Gasteiger partial charge in [-0.15, -0.1) is 0 Å². The van der Waals surface area contributed by atoms with Crippen molar-refractivity contribution in [1.82, 2.24) is 4.90 Å². The number of thiol groups is 1. The van der Waals surface area contributed by atoms with Gasteiger partial charge in [0.05, 0.1) is 12.0 Å². The summed E-state index contributed by atoms with van der Waals surface area (Å²) >= 11 is 4.32. The Hall–Kier alpha value is -0.910. The maximum atomic E-state index is 12.0. The Labute approximate surface area is 113 Å². The number of amides is 1. The number of carbonyl (C=O) groups excluding carboxylic acids is 2. The number of ether oxygens (including phenoxy) is 2. The van der Waals surface area contributed by atoms with Crippen molar-refractivity contribution in [3.63, 3.8) is 0 Å². The van der Waals surface area contributed by atoms with Crippen molar-refractivity contribution in [3.8, 4) is 0 Å². The van der Waals surface area contributed by atoms with Gasteiger partial charge < -0.3 is 9.47 Å². The van der Waals surface area contributed by atoms with Crippen LogP contribution in [0.3, 0.4) is 0 Å². The Morgan fingerprint density at radius 1 is 1.33 bits per heavy atom. The van der Waals surface area contributed by atoms with E-state index in [4.69, 9.17) is 9.47 Å². The Morgan fingerprint density at radius 3 is 2.44 bits per heavy atom. The maximum Gasteiger partial charge on any atom is 0.411 e. The fraction of sp³-hybridized carbons (Fsp3) is 0.833. The summed E-state index contributed by atoms with van der Waals surface area (Å²) in [6.45, 7) is 7.40. The van der Waals surface area contributed by atoms with E-state index in [1.165, 1.54) is 4.90 Å². The smallest absolute Gasteiger partial charge is 0.411 e. The molecule has 0 saturated carbocycles. The van der Waals surface area contributed by atoms with Crippen LogP contribution in [0.4, 0.5) is 4.79 Å². The molecule has 6 heteroatoms. The van der Waals surface area contributed by atoms with E-state index < -0.39 is 17.7 Å². The molecule has 1 amide bonds. The fourth-order valence-electron chi connectivity index (χ4n) is 1.83. The third-order valence-electron chi connectivity index (χ3n) is 2.52. The molecule has 104 valence electrons. The summed E-state index contributed by atoms with van der Waals surface area (Å²) in [4.78, 5) is 25.2. The molecule has 1 rings (SSSR count). The summed E-state index contributed by atoms with van der Waals surface area (Å²) in [6, 6.07) is -0.581. The van der Waals surface area contributed by atoms with Gasteiger partial charge in [-0.25, -0.2) is 9.59 Å². The topological polar surface area (TPSA) is 55.8 Å². The molecule has 0 radical (unpaired) electrons. The lowest BCUT2D eigenvalue weighted by molar-refractivity contribution is -0.148. The summed E-state index contributed by atoms with van der Waals surface area (Å²) in [5.41, 5.74) is -0.591. The van der Waals surface area contributed by atoms with Crippen LogP contribution in [0, 0.1) is 0 Å². The van der Waals surface area contributed by atoms with Crippen LogP contribution in [0.25, 0.3) is 0 Å². The van der Waals surface area contributed by atoms with Gasteiger partial charge in [-0.2, -0.15) is 12.6 Å². The molecule has 1 saturated heterocycles. The van der Waals surface area contributed by atoms with Gasteiger partial charge in [-0.3, -0.25) is 4.90 Å². The van der Waals surface area contributed by atoms with Gasteiger partial charge in [0.15, 0.2) is 0 Å². The third kappa shape index (κ3) is 3.80. The SMILES string of the molecule is CCOC(=O)C1CCC(S)N1C(=O)OC(C)(C)C. The van der Waals surface area contributed by atoms with Crippen molar-refractivity contribution in [3.05, 3.63) is 0 Å². The monoisotopic (exact) mass is 275 g/mol. The van der Waals surface area contributed by atoms with Crippen molar-refractivity contribution < 1.29 is 19.1 Å². The van der Waals surface area contributed by atoms with E-state index in [0.717, 1.165) is 0 Å². The quantitative estimate of drug-likeness (QED) is 0.620. The highest BCUT2D eigenvalue weighted by Crippen LogP contribution is 2.29. The first-order valence-electron chi connectivity index (χ1n) is 6.12. The number of esters is 1. The Kier molecular flexibility index (Phi) is 4.90. The lowest BCUT2D eigenvalue weighted by Crippen LogP contribution is -2.46. The zero-order valence-electron chi connectivity index (χ0n) is 11.3. The standard InChI is InChI=1S/C12H21NO4S/c1-5-16-10(14)8-6-7-9(18)13(8)11(15)17-12(2,3)4/h8-9,18H,5-7H2,1-4H3. The van der Waals surface area contributed by atoms with Crippen molar-refractivity contribution >= 4 is 24.7 Å². The van der Waals surface area contributed by atoms with Crippen molar-refractivity contribution in [1.29, 1.82) is 0 Å². The summed E-state index contributed by atoms with van der Waals surface area (Å²) in [7, 11) is 0. The number of nitrogens with zero attached hydrogens (tertiary/aromatic N) is 1. The van der Waals surface area contributed by atoms with E-state index >= 15 is 0 Å². The first kappa shape index (κ1) is 15.1. The second-order valence-electron chi connectivity index (χ2n) is 5.21. The highest BCUT2D eigenvalue weighted by molar-refractivity contribution is 7.80. The molecule has 2 unspecified atom stereocenters. The van der Waals surface area contributed by atoms with Crippen LogP contribution in [-0.2, 0) is 14.3 Å². The predicted molar refractivity (Wildman–Crippen MR) is 70.5 cm³/mol. The molecule has 2 atom stereocenters. The van der Waals surface area contributed by atoms with Gasteiger partial charge in [0, 0.05) is 0 Å². The molecule has 0 aromatic heterocycles. The van der Waals surface area contributed by atoms with Gasteiger partial charge in [0.2, 0.25) is 0 Å². The molecule has 1 fully saturated rings. The Bertz CT molecular complexity index is 327. The summed E-state index contributed by atoms with van der Waals surface area (Å²) < 4.78 is 10.2. The minimum absolute atomic E-state index is 0.297. The maximum absolute atomic E-state index is 12.0. The largest absolute Gasteiger partial charge is 0.464 e. The molecule has 0 aromatic rings. The molecule has 0 spiro atoms. The van der Waals surface area contributed by atoms with E-state index in [-0.39, 0.29) is 11.3 Å². The first-order valence-corrected chi connectivity index (χ1v) is 6.64. The number of hydrogen-bond donors (Lipinski definition) is 1. The van der Waals surface area contributed by atoms with E-state index in [9.17, 15) is 9.59 Å². The second kappa shape index (κ2) is 5.82. The molecular formula is C12H21NO4S. The first-order chi connectivity index (χ1) is 8.26. The number of carbonyl (C=O) groups is 2. The summed E-state index contributed by atoms with van der Waals surface area (Å²) in [6.07, 6.45) is 0.705. The van der Waals surface area contributed by atoms with E-state index in [1.807, 2.05) is 0 Å². The lowest BCUT2D eigenvalue weighted by Gasteiger charge is -2.29. The molecule has 1 heterocycles. The summed E-state index contributed by atoms with van der Waals surface area (Å²) in [5.74, 6) is -0.389. The van der Waals surface area contributed by atoms with Gasteiger partial charge in [0.25, 0.3) is 0 Å². The van der Waals surface area contributed by atoms with Gasteiger partial charge in [-0.1, -0.05) is 0 Å². The van der Waals surface area contributed by atoms with Crippen LogP contribution in [0.1, 0.15) is 40.5 Å². The van der Waals surface area contributed by atoms with Crippen LogP contribution >= 0.6 is 12.6 Å². The van der Waals surface area contributed by atoms with E-state index in [0.29, 0.717) is 19.4 Å². The molecule has 5 nitrogen and oxygen atoms in total. The molecular weight excluding hydrogens is 254 g/mol. The molecule has 0 N–H and O–H groups in total. The van der Waals surface area contributed by atoms with Crippen LogP contribution in [0.5, 0.6) is 0 Å². The number of likely N-dealkylation sites (tertiary alicyclic amines) is 1. The molecule has 0 aromatic carbocycles. The average molecular weight is 275 g/mol. The summed E-state index contributed by atoms with van der Waals surface area (Å²) in [5, 5.41) is -0.297. The van der Waals surface area contributed by atoms with E-state index in [2.05, 4.69) is 12.6 Å². The third-order valence-corrected chi connectivity index (χ3v) is 3.03. The predicted octanol–water partition coefficient (Wildman–Crippen LogP) is 2.20. The number of rotatable bonds is 2. The highest BCUT2D eigenvalue weighted by atomic mass is 32.1. The minimum Gasteiger partial charge on any atom is -0.464 e. The van der Waals surface area contributed by atoms with Crippen LogP contribution < -0.4 is 0 Å². The second-order valence-corrected chi connectivity index (χ2v) is 5.81. The zero-order chi connectivity index (χ0) is 13.9. The Morgan fingerprint density at radius 2 is 1.94 bits per heavy atom. The van der Waals surface area contributed by atoms with E-state index in [1.54, 1.807) is 27.7 Å². The molecule has 0 aliphatic carbocycles. The van der Waals surface area contributed by atoms with Gasteiger partial charge in [0.1, 0.15) is 11.6 Å². The van der Waals surface area contributed by atoms with Crippen LogP contribution in [0.2, 0.25) is 0 Å². The molecule has 1 aliphatic heterocycles. The Balaban J connectivity index is 2.76. The van der Waals surface area contributed by atoms with Crippen LogP contribution in [-0.4, -0.2) is 40.6 Å². The van der Waals surface area contributed by atoms with Crippen molar-refractivity contribution in [2.45, 2.75) is 57.6 Å². The van der Waals surface area contributed by atoms with Crippen molar-refractivity contribution in [2.24, 2.45) is 0 Å². The lowest BCUT2D eigenvalue weighted by atomic mass is 10.2. The zero-order valence-corrected chi connectivity index (χ0v) is 12.2. The van der Waals surface area contributed by atoms with Gasteiger partial charge >= 0.3 is 12.1 Å². The molecule has 1 aliphatic rings. The normalized spacial score (nSPS) is 23.9. The average Bonchev–Trinajstić information content (AvgIpc) is 2.58. The highest BCUT2D eigenvalue weighted by Gasteiger charge is 2.42. The molecule has 0 bridgehead atoms. The van der Waals surface area contributed by atoms with Crippen LogP contribution in [0.15, 0.2) is 0 Å². The van der Waals surface area contributed by atoms with Crippen molar-refractivity contribution in [2.75, 3.05) is 6.61 Å². The fourth-order valence-corrected chi connectivity index (χ4v) is 2.23. The number of hydrogen-bond acceptors (Lipinski definition) is 5. The minimum atomic E-state index is -0.591. The van der Waals surface area contributed by atoms with Gasteiger partial charge in [-0.05, 0) is 40.5 Å².